The molecule has 5 unspecified atom stereocenters. The van der Waals surface area contributed by atoms with Crippen molar-refractivity contribution in [3.05, 3.63) is 0 Å². The second-order valence-corrected chi connectivity index (χ2v) is 12.4. The second-order valence-electron chi connectivity index (χ2n) is 12.4. The lowest BCUT2D eigenvalue weighted by molar-refractivity contribution is -0.171. The van der Waals surface area contributed by atoms with Gasteiger partial charge in [-0.15, -0.1) is 0 Å². The Hall–Kier alpha value is -1.91. The molecule has 0 bridgehead atoms. The van der Waals surface area contributed by atoms with Crippen LogP contribution in [0.25, 0.3) is 0 Å². The number of ether oxygens (including phenoxy) is 6. The molecular formula is C28H51NO9. The molecule has 0 saturated carbocycles. The Bertz CT molecular complexity index is 728. The van der Waals surface area contributed by atoms with Gasteiger partial charge in [-0.3, -0.25) is 0 Å². The van der Waals surface area contributed by atoms with Crippen LogP contribution in [-0.2, 0) is 33.2 Å². The Labute approximate surface area is 229 Å². The average molecular weight is 546 g/mol. The van der Waals surface area contributed by atoms with Crippen molar-refractivity contribution in [1.82, 2.24) is 4.90 Å². The van der Waals surface area contributed by atoms with Crippen LogP contribution in [0.1, 0.15) is 94.9 Å². The molecule has 1 aliphatic rings. The van der Waals surface area contributed by atoms with E-state index in [2.05, 4.69) is 13.8 Å². The molecule has 222 valence electrons. The summed E-state index contributed by atoms with van der Waals surface area (Å²) in [6.07, 6.45) is -1.62. The van der Waals surface area contributed by atoms with Crippen molar-refractivity contribution in [3.8, 4) is 0 Å². The molecule has 0 aliphatic carbocycles. The first-order valence-corrected chi connectivity index (χ1v) is 13.7. The number of cyclic esters (lactones) is 1. The van der Waals surface area contributed by atoms with Gasteiger partial charge in [-0.25, -0.2) is 14.4 Å². The van der Waals surface area contributed by atoms with Crippen molar-refractivity contribution >= 4 is 18.2 Å². The number of rotatable bonds is 9. The molecule has 38 heavy (non-hydrogen) atoms. The van der Waals surface area contributed by atoms with E-state index in [9.17, 15) is 14.4 Å². The Kier molecular flexibility index (Phi) is 13.5. The fourth-order valence-electron chi connectivity index (χ4n) is 3.84. The van der Waals surface area contributed by atoms with Crippen LogP contribution in [0.15, 0.2) is 0 Å². The molecule has 1 aliphatic heterocycles. The maximum Gasteiger partial charge on any atom is 0.420 e. The summed E-state index contributed by atoms with van der Waals surface area (Å²) in [7, 11) is 1.64. The van der Waals surface area contributed by atoms with Crippen molar-refractivity contribution in [2.24, 2.45) is 5.92 Å². The highest BCUT2D eigenvalue weighted by atomic mass is 16.6. The predicted octanol–water partition coefficient (Wildman–Crippen LogP) is 5.49. The molecule has 1 saturated heterocycles. The summed E-state index contributed by atoms with van der Waals surface area (Å²) < 4.78 is 34.5. The van der Waals surface area contributed by atoms with Gasteiger partial charge in [0.05, 0.1) is 12.2 Å². The van der Waals surface area contributed by atoms with Gasteiger partial charge in [0.1, 0.15) is 29.5 Å². The molecule has 1 fully saturated rings. The molecule has 0 aromatic heterocycles. The third-order valence-electron chi connectivity index (χ3n) is 5.74. The Morgan fingerprint density at radius 3 is 2.00 bits per heavy atom. The van der Waals surface area contributed by atoms with E-state index in [0.29, 0.717) is 38.4 Å². The fraction of sp³-hybridized carbons (Fsp3) is 0.893. The Balaban J connectivity index is 3.28. The highest BCUT2D eigenvalue weighted by Gasteiger charge is 2.43. The van der Waals surface area contributed by atoms with E-state index in [1.54, 1.807) is 55.6 Å². The minimum absolute atomic E-state index is 0.0137. The maximum atomic E-state index is 13.5. The minimum atomic E-state index is -1.22. The zero-order valence-corrected chi connectivity index (χ0v) is 25.3. The standard InChI is InChI=1S/C28H51NO9/c1-18(2)17-35-22-14-12-13-21(24(30)36-20(4)23(22)34-16-15-19(3)33-11)29(25(31)37-27(5,6)7)26(32)38-28(8,9)10/h18-23H,12-17H2,1-11H3. The van der Waals surface area contributed by atoms with Gasteiger partial charge in [-0.2, -0.15) is 4.90 Å². The summed E-state index contributed by atoms with van der Waals surface area (Å²) >= 11 is 0. The van der Waals surface area contributed by atoms with Crippen LogP contribution in [0.3, 0.4) is 0 Å². The van der Waals surface area contributed by atoms with Gasteiger partial charge < -0.3 is 28.4 Å². The van der Waals surface area contributed by atoms with E-state index < -0.39 is 47.6 Å². The van der Waals surface area contributed by atoms with Gasteiger partial charge in [0, 0.05) is 20.3 Å². The summed E-state index contributed by atoms with van der Waals surface area (Å²) in [4.78, 5) is 40.6. The number of amides is 2. The van der Waals surface area contributed by atoms with Gasteiger partial charge >= 0.3 is 18.2 Å². The highest BCUT2D eigenvalue weighted by molar-refractivity contribution is 5.94. The van der Waals surface area contributed by atoms with Crippen molar-refractivity contribution in [1.29, 1.82) is 0 Å². The number of imide groups is 1. The zero-order valence-electron chi connectivity index (χ0n) is 25.3. The number of carbonyl (C=O) groups is 3. The first kappa shape index (κ1) is 34.1. The molecule has 1 rings (SSSR count). The molecule has 0 N–H and O–H groups in total. The SMILES string of the molecule is COC(C)CCOC1C(C)OC(=O)C(N(C(=O)OC(C)(C)C)C(=O)OC(C)(C)C)CCCC1OCC(C)C. The van der Waals surface area contributed by atoms with Gasteiger partial charge in [0.15, 0.2) is 0 Å². The summed E-state index contributed by atoms with van der Waals surface area (Å²) in [5.41, 5.74) is -1.78. The number of methoxy groups -OCH3 is 1. The number of esters is 1. The van der Waals surface area contributed by atoms with Crippen molar-refractivity contribution < 1.29 is 42.8 Å². The molecule has 10 nitrogen and oxygen atoms in total. The molecule has 10 heteroatoms. The first-order chi connectivity index (χ1) is 17.4. The number of carbonyl (C=O) groups excluding carboxylic acids is 3. The van der Waals surface area contributed by atoms with Crippen molar-refractivity contribution in [3.63, 3.8) is 0 Å². The zero-order chi connectivity index (χ0) is 29.3. The topological polar surface area (TPSA) is 110 Å². The largest absolute Gasteiger partial charge is 0.458 e. The van der Waals surface area contributed by atoms with Crippen LogP contribution in [0.2, 0.25) is 0 Å². The van der Waals surface area contributed by atoms with Crippen LogP contribution < -0.4 is 0 Å². The minimum Gasteiger partial charge on any atom is -0.458 e. The number of hydrogen-bond acceptors (Lipinski definition) is 9. The lowest BCUT2D eigenvalue weighted by Gasteiger charge is -2.33. The molecule has 0 radical (unpaired) electrons. The second kappa shape index (κ2) is 15.0. The number of hydrogen-bond donors (Lipinski definition) is 0. The van der Waals surface area contributed by atoms with E-state index in [-0.39, 0.29) is 18.6 Å². The number of nitrogens with zero attached hydrogens (tertiary/aromatic N) is 1. The summed E-state index contributed by atoms with van der Waals surface area (Å²) in [6.45, 7) is 18.8. The van der Waals surface area contributed by atoms with E-state index in [4.69, 9.17) is 28.4 Å². The molecule has 0 aromatic rings. The van der Waals surface area contributed by atoms with Crippen LogP contribution in [0.5, 0.6) is 0 Å². The predicted molar refractivity (Wildman–Crippen MR) is 143 cm³/mol. The monoisotopic (exact) mass is 545 g/mol. The third kappa shape index (κ3) is 12.3. The van der Waals surface area contributed by atoms with E-state index in [1.165, 1.54) is 0 Å². The fourth-order valence-corrected chi connectivity index (χ4v) is 3.84. The van der Waals surface area contributed by atoms with E-state index in [1.807, 2.05) is 6.92 Å². The lowest BCUT2D eigenvalue weighted by Crippen LogP contribution is -2.53. The molecular weight excluding hydrogens is 494 g/mol. The molecule has 5 atom stereocenters. The van der Waals surface area contributed by atoms with E-state index >= 15 is 0 Å². The van der Waals surface area contributed by atoms with Crippen molar-refractivity contribution in [2.75, 3.05) is 20.3 Å². The van der Waals surface area contributed by atoms with E-state index in [0.717, 1.165) is 4.90 Å². The average Bonchev–Trinajstić information content (AvgIpc) is 2.79. The van der Waals surface area contributed by atoms with Gasteiger partial charge in [-0.05, 0) is 87.0 Å². The summed E-state index contributed by atoms with van der Waals surface area (Å²) in [5.74, 6) is -0.421. The molecule has 2 amide bonds. The summed E-state index contributed by atoms with van der Waals surface area (Å²) in [6, 6.07) is -1.22. The van der Waals surface area contributed by atoms with Gasteiger partial charge in [-0.1, -0.05) is 13.8 Å². The normalized spacial score (nSPS) is 24.1. The Morgan fingerprint density at radius 2 is 1.53 bits per heavy atom. The van der Waals surface area contributed by atoms with Gasteiger partial charge in [0.2, 0.25) is 0 Å². The Morgan fingerprint density at radius 1 is 0.974 bits per heavy atom. The smallest absolute Gasteiger partial charge is 0.420 e. The molecule has 1 heterocycles. The first-order valence-electron chi connectivity index (χ1n) is 13.7. The van der Waals surface area contributed by atoms with Crippen molar-refractivity contribution in [2.45, 2.75) is 137 Å². The quantitative estimate of drug-likeness (QED) is 0.274. The van der Waals surface area contributed by atoms with Gasteiger partial charge in [0.25, 0.3) is 0 Å². The summed E-state index contributed by atoms with van der Waals surface area (Å²) in [5, 5.41) is 0. The van der Waals surface area contributed by atoms with Crippen LogP contribution in [0.4, 0.5) is 9.59 Å². The molecule has 0 spiro atoms. The highest BCUT2D eigenvalue weighted by Crippen LogP contribution is 2.26. The van der Waals surface area contributed by atoms with Crippen LogP contribution >= 0.6 is 0 Å². The van der Waals surface area contributed by atoms with Crippen LogP contribution in [-0.4, -0.2) is 85.0 Å². The lowest BCUT2D eigenvalue weighted by atomic mass is 10.0. The molecule has 0 aromatic carbocycles. The maximum absolute atomic E-state index is 13.5. The van der Waals surface area contributed by atoms with Crippen LogP contribution in [0, 0.1) is 5.92 Å². The third-order valence-corrected chi connectivity index (χ3v) is 5.74.